The highest BCUT2D eigenvalue weighted by molar-refractivity contribution is 5.94. The van der Waals surface area contributed by atoms with Crippen LogP contribution < -0.4 is 4.74 Å². The van der Waals surface area contributed by atoms with E-state index in [9.17, 15) is 14.0 Å². The Morgan fingerprint density at radius 3 is 2.50 bits per heavy atom. The molecule has 1 saturated carbocycles. The molecule has 2 aliphatic rings. The highest BCUT2D eigenvalue weighted by Gasteiger charge is 2.26. The largest absolute Gasteiger partial charge is 0.490 e. The molecule has 2 heterocycles. The monoisotopic (exact) mass is 440 g/mol. The van der Waals surface area contributed by atoms with Gasteiger partial charge in [-0.05, 0) is 37.0 Å². The lowest BCUT2D eigenvalue weighted by Gasteiger charge is -2.35. The van der Waals surface area contributed by atoms with Gasteiger partial charge in [0.2, 0.25) is 5.91 Å². The molecule has 1 aromatic heterocycles. The van der Waals surface area contributed by atoms with Crippen LogP contribution in [0.25, 0.3) is 0 Å². The molecule has 0 N–H and O–H groups in total. The zero-order chi connectivity index (χ0) is 22.3. The second-order valence-electron chi connectivity index (χ2n) is 8.51. The van der Waals surface area contributed by atoms with E-state index in [1.54, 1.807) is 28.4 Å². The van der Waals surface area contributed by atoms with E-state index in [1.807, 2.05) is 0 Å². The van der Waals surface area contributed by atoms with E-state index in [0.717, 1.165) is 12.8 Å². The Bertz CT molecular complexity index is 926. The summed E-state index contributed by atoms with van der Waals surface area (Å²) in [4.78, 5) is 37.0. The summed E-state index contributed by atoms with van der Waals surface area (Å²) in [6.07, 6.45) is 10.8. The van der Waals surface area contributed by atoms with E-state index in [0.29, 0.717) is 50.0 Å². The van der Waals surface area contributed by atoms with Gasteiger partial charge >= 0.3 is 0 Å². The molecule has 7 nitrogen and oxygen atoms in total. The number of carbonyl (C=O) groups is 2. The van der Waals surface area contributed by atoms with Crippen LogP contribution in [0, 0.1) is 11.7 Å². The molecule has 0 atom stereocenters. The third-order valence-corrected chi connectivity index (χ3v) is 6.25. The maximum atomic E-state index is 14.2. The van der Waals surface area contributed by atoms with Crippen molar-refractivity contribution >= 4 is 11.8 Å². The van der Waals surface area contributed by atoms with Gasteiger partial charge in [0.05, 0.1) is 18.7 Å². The topological polar surface area (TPSA) is 75.6 Å². The van der Waals surface area contributed by atoms with Crippen molar-refractivity contribution in [2.24, 2.45) is 5.92 Å². The Morgan fingerprint density at radius 1 is 1.03 bits per heavy atom. The third-order valence-electron chi connectivity index (χ3n) is 6.25. The van der Waals surface area contributed by atoms with Gasteiger partial charge in [-0.15, -0.1) is 0 Å². The standard InChI is InChI=1S/C24H29FN4O3/c25-21-7-6-19(14-22(21)32-17-18-4-2-1-3-5-18)24(31)29-12-10-28(11-13-29)23(30)15-20-16-26-8-9-27-20/h6-9,14,16,18H,1-5,10-13,15,17H2. The molecule has 2 aromatic rings. The second kappa shape index (κ2) is 10.5. The molecule has 2 amide bonds. The van der Waals surface area contributed by atoms with Crippen molar-refractivity contribution in [2.45, 2.75) is 38.5 Å². The molecule has 1 aromatic carbocycles. The van der Waals surface area contributed by atoms with Gasteiger partial charge in [0.25, 0.3) is 5.91 Å². The highest BCUT2D eigenvalue weighted by Crippen LogP contribution is 2.26. The van der Waals surface area contributed by atoms with Crippen molar-refractivity contribution in [3.8, 4) is 5.75 Å². The Labute approximate surface area is 187 Å². The molecule has 2 fully saturated rings. The van der Waals surface area contributed by atoms with Crippen molar-refractivity contribution in [1.29, 1.82) is 0 Å². The SMILES string of the molecule is O=C(Cc1cnccn1)N1CCN(C(=O)c2ccc(F)c(OCC3CCCCC3)c2)CC1. The number of carbonyl (C=O) groups excluding carboxylic acids is 2. The van der Waals surface area contributed by atoms with Gasteiger partial charge in [0.1, 0.15) is 0 Å². The lowest BCUT2D eigenvalue weighted by molar-refractivity contribution is -0.132. The van der Waals surface area contributed by atoms with Gasteiger partial charge in [-0.3, -0.25) is 19.6 Å². The van der Waals surface area contributed by atoms with E-state index < -0.39 is 5.82 Å². The molecule has 170 valence electrons. The number of benzene rings is 1. The minimum Gasteiger partial charge on any atom is -0.490 e. The third kappa shape index (κ3) is 5.60. The van der Waals surface area contributed by atoms with Gasteiger partial charge in [-0.1, -0.05) is 19.3 Å². The van der Waals surface area contributed by atoms with E-state index in [2.05, 4.69) is 9.97 Å². The minimum atomic E-state index is -0.447. The maximum absolute atomic E-state index is 14.2. The summed E-state index contributed by atoms with van der Waals surface area (Å²) < 4.78 is 20.0. The van der Waals surface area contributed by atoms with Gasteiger partial charge in [-0.2, -0.15) is 0 Å². The number of hydrogen-bond acceptors (Lipinski definition) is 5. The van der Waals surface area contributed by atoms with Crippen LogP contribution in [0.4, 0.5) is 4.39 Å². The number of amides is 2. The first-order valence-corrected chi connectivity index (χ1v) is 11.3. The van der Waals surface area contributed by atoms with Crippen LogP contribution in [-0.2, 0) is 11.2 Å². The van der Waals surface area contributed by atoms with Crippen molar-refractivity contribution in [2.75, 3.05) is 32.8 Å². The minimum absolute atomic E-state index is 0.0298. The molecule has 1 saturated heterocycles. The average Bonchev–Trinajstić information content (AvgIpc) is 2.84. The summed E-state index contributed by atoms with van der Waals surface area (Å²) in [5.74, 6) is -0.0581. The number of aromatic nitrogens is 2. The van der Waals surface area contributed by atoms with Gasteiger partial charge < -0.3 is 14.5 Å². The molecule has 1 aliphatic carbocycles. The van der Waals surface area contributed by atoms with Crippen molar-refractivity contribution in [1.82, 2.24) is 19.8 Å². The van der Waals surface area contributed by atoms with Crippen LogP contribution >= 0.6 is 0 Å². The fraction of sp³-hybridized carbons (Fsp3) is 0.500. The Morgan fingerprint density at radius 2 is 1.78 bits per heavy atom. The molecule has 4 rings (SSSR count). The Balaban J connectivity index is 1.31. The highest BCUT2D eigenvalue weighted by atomic mass is 19.1. The van der Waals surface area contributed by atoms with Crippen LogP contribution in [-0.4, -0.2) is 64.4 Å². The van der Waals surface area contributed by atoms with Gasteiger partial charge in [0.15, 0.2) is 11.6 Å². The molecular formula is C24H29FN4O3. The van der Waals surface area contributed by atoms with Crippen LogP contribution in [0.15, 0.2) is 36.8 Å². The summed E-state index contributed by atoms with van der Waals surface area (Å²) >= 11 is 0. The van der Waals surface area contributed by atoms with Crippen LogP contribution in [0.1, 0.15) is 48.2 Å². The number of rotatable bonds is 6. The molecule has 8 heteroatoms. The van der Waals surface area contributed by atoms with Crippen LogP contribution in [0.3, 0.4) is 0 Å². The predicted octanol–water partition coefficient (Wildman–Crippen LogP) is 3.10. The molecule has 0 spiro atoms. The lowest BCUT2D eigenvalue weighted by Crippen LogP contribution is -2.51. The number of halogens is 1. The number of piperazine rings is 1. The predicted molar refractivity (Wildman–Crippen MR) is 117 cm³/mol. The summed E-state index contributed by atoms with van der Waals surface area (Å²) in [7, 11) is 0. The first-order valence-electron chi connectivity index (χ1n) is 11.3. The van der Waals surface area contributed by atoms with E-state index in [-0.39, 0.29) is 24.0 Å². The number of hydrogen-bond donors (Lipinski definition) is 0. The molecule has 32 heavy (non-hydrogen) atoms. The first-order chi connectivity index (χ1) is 15.6. The van der Waals surface area contributed by atoms with Crippen molar-refractivity contribution in [3.05, 3.63) is 53.9 Å². The van der Waals surface area contributed by atoms with E-state index in [4.69, 9.17) is 4.74 Å². The van der Waals surface area contributed by atoms with Crippen LogP contribution in [0.5, 0.6) is 5.75 Å². The normalized spacial score (nSPS) is 17.3. The summed E-state index contributed by atoms with van der Waals surface area (Å²) in [6.45, 7) is 2.26. The summed E-state index contributed by atoms with van der Waals surface area (Å²) in [6, 6.07) is 4.30. The Hall–Kier alpha value is -3.03. The first kappa shape index (κ1) is 22.2. The zero-order valence-electron chi connectivity index (χ0n) is 18.2. The number of nitrogens with zero attached hydrogens (tertiary/aromatic N) is 4. The molecule has 0 bridgehead atoms. The molecule has 0 radical (unpaired) electrons. The summed E-state index contributed by atoms with van der Waals surface area (Å²) in [5, 5.41) is 0. The number of ether oxygens (including phenoxy) is 1. The fourth-order valence-corrected chi connectivity index (χ4v) is 4.34. The van der Waals surface area contributed by atoms with Gasteiger partial charge in [-0.25, -0.2) is 4.39 Å². The van der Waals surface area contributed by atoms with Crippen molar-refractivity contribution in [3.63, 3.8) is 0 Å². The van der Waals surface area contributed by atoms with E-state index in [1.165, 1.54) is 37.5 Å². The molecular weight excluding hydrogens is 411 g/mol. The molecule has 0 unspecified atom stereocenters. The summed E-state index contributed by atoms with van der Waals surface area (Å²) in [5.41, 5.74) is 1.03. The average molecular weight is 441 g/mol. The lowest BCUT2D eigenvalue weighted by atomic mass is 9.90. The molecule has 1 aliphatic heterocycles. The second-order valence-corrected chi connectivity index (χ2v) is 8.51. The zero-order valence-corrected chi connectivity index (χ0v) is 18.2. The van der Waals surface area contributed by atoms with Gasteiger partial charge in [0, 0.05) is 50.3 Å². The quantitative estimate of drug-likeness (QED) is 0.690. The smallest absolute Gasteiger partial charge is 0.254 e. The van der Waals surface area contributed by atoms with E-state index >= 15 is 0 Å². The Kier molecular flexibility index (Phi) is 7.29. The fourth-order valence-electron chi connectivity index (χ4n) is 4.34. The maximum Gasteiger partial charge on any atom is 0.254 e. The van der Waals surface area contributed by atoms with Crippen LogP contribution in [0.2, 0.25) is 0 Å². The van der Waals surface area contributed by atoms with Crippen molar-refractivity contribution < 1.29 is 18.7 Å².